The lowest BCUT2D eigenvalue weighted by Gasteiger charge is -2.05. The Hall–Kier alpha value is -0.400. The molecule has 0 aliphatic heterocycles. The van der Waals surface area contributed by atoms with Crippen LogP contribution in [0, 0.1) is 11.3 Å². The number of nitrogens with one attached hydrogen (secondary N) is 1. The number of nitrogens with zero attached hydrogens (tertiary/aromatic N) is 1. The molecule has 1 N–H and O–H groups in total. The first-order valence-electron chi connectivity index (χ1n) is 3.28. The van der Waals surface area contributed by atoms with Gasteiger partial charge in [-0.3, -0.25) is 0 Å². The zero-order valence-corrected chi connectivity index (χ0v) is 7.07. The fraction of sp³-hybridized carbons (Fsp3) is 0.833. The summed E-state index contributed by atoms with van der Waals surface area (Å²) >= 11 is 0. The number of nitriles is 1. The van der Waals surface area contributed by atoms with Crippen LogP contribution < -0.4 is 4.72 Å². The van der Waals surface area contributed by atoms with Gasteiger partial charge in [0.15, 0.2) is 0 Å². The average Bonchev–Trinajstić information content (AvgIpc) is 1.99. The normalized spacial score (nSPS) is 15.7. The summed E-state index contributed by atoms with van der Waals surface area (Å²) in [6.45, 7) is 3.70. The van der Waals surface area contributed by atoms with Crippen LogP contribution in [0.15, 0.2) is 0 Å². The monoisotopic (exact) mass is 160 g/mol. The molecule has 0 bridgehead atoms. The van der Waals surface area contributed by atoms with E-state index < -0.39 is 11.0 Å². The molecule has 0 aromatic heterocycles. The molecule has 58 valence electrons. The van der Waals surface area contributed by atoms with Crippen molar-refractivity contribution in [2.45, 2.75) is 26.3 Å². The van der Waals surface area contributed by atoms with Gasteiger partial charge in [-0.1, -0.05) is 13.8 Å². The van der Waals surface area contributed by atoms with Crippen molar-refractivity contribution >= 4 is 11.0 Å². The van der Waals surface area contributed by atoms with E-state index in [1.807, 2.05) is 19.9 Å². The molecule has 0 aliphatic rings. The highest BCUT2D eigenvalue weighted by molar-refractivity contribution is 7.83. The van der Waals surface area contributed by atoms with Crippen LogP contribution >= 0.6 is 0 Å². The number of hydrogen-bond donors (Lipinski definition) is 1. The zero-order valence-electron chi connectivity index (χ0n) is 6.26. The summed E-state index contributed by atoms with van der Waals surface area (Å²) in [5, 5.41) is 8.42. The Bertz CT molecular complexity index is 152. The van der Waals surface area contributed by atoms with E-state index >= 15 is 0 Å². The minimum atomic E-state index is -1.03. The molecule has 0 radical (unpaired) electrons. The maximum absolute atomic E-state index is 10.8. The highest BCUT2D eigenvalue weighted by Gasteiger charge is 2.04. The standard InChI is InChI=1S/C6H12N2OS/c1-3-6(5-7)8-10(9)4-2/h6,8H,3-4H2,1-2H3. The van der Waals surface area contributed by atoms with Gasteiger partial charge >= 0.3 is 0 Å². The van der Waals surface area contributed by atoms with Crippen molar-refractivity contribution in [2.75, 3.05) is 5.75 Å². The van der Waals surface area contributed by atoms with E-state index in [2.05, 4.69) is 4.72 Å². The van der Waals surface area contributed by atoms with Crippen molar-refractivity contribution in [3.05, 3.63) is 0 Å². The predicted octanol–water partition coefficient (Wildman–Crippen LogP) is 0.562. The van der Waals surface area contributed by atoms with Crippen molar-refractivity contribution < 1.29 is 4.21 Å². The quantitative estimate of drug-likeness (QED) is 0.653. The minimum absolute atomic E-state index is 0.263. The second-order valence-corrected chi connectivity index (χ2v) is 3.35. The van der Waals surface area contributed by atoms with Gasteiger partial charge in [0.25, 0.3) is 0 Å². The largest absolute Gasteiger partial charge is 0.243 e. The molecular formula is C6H12N2OS. The first-order chi connectivity index (χ1) is 4.74. The summed E-state index contributed by atoms with van der Waals surface area (Å²) in [7, 11) is -1.03. The SMILES string of the molecule is CCC(C#N)NS(=O)CC. The molecule has 0 aromatic rings. The van der Waals surface area contributed by atoms with E-state index in [1.54, 1.807) is 0 Å². The fourth-order valence-corrected chi connectivity index (χ4v) is 1.15. The third-order valence-corrected chi connectivity index (χ3v) is 2.17. The van der Waals surface area contributed by atoms with Gasteiger partial charge in [0.2, 0.25) is 0 Å². The van der Waals surface area contributed by atoms with Crippen LogP contribution in [0.1, 0.15) is 20.3 Å². The smallest absolute Gasteiger partial charge is 0.106 e. The molecule has 4 heteroatoms. The summed E-state index contributed by atoms with van der Waals surface area (Å²) in [5.74, 6) is 0.554. The first kappa shape index (κ1) is 9.60. The second kappa shape index (κ2) is 5.39. The van der Waals surface area contributed by atoms with Gasteiger partial charge in [0.05, 0.1) is 17.1 Å². The molecule has 2 atom stereocenters. The van der Waals surface area contributed by atoms with E-state index in [-0.39, 0.29) is 6.04 Å². The zero-order chi connectivity index (χ0) is 7.98. The molecule has 0 rings (SSSR count). The Morgan fingerprint density at radius 3 is 2.60 bits per heavy atom. The maximum atomic E-state index is 10.8. The molecule has 3 nitrogen and oxygen atoms in total. The van der Waals surface area contributed by atoms with E-state index in [1.165, 1.54) is 0 Å². The van der Waals surface area contributed by atoms with Crippen molar-refractivity contribution in [2.24, 2.45) is 0 Å². The van der Waals surface area contributed by atoms with Gasteiger partial charge < -0.3 is 0 Å². The molecule has 0 heterocycles. The van der Waals surface area contributed by atoms with Gasteiger partial charge in [0, 0.05) is 5.75 Å². The topological polar surface area (TPSA) is 52.9 Å². The van der Waals surface area contributed by atoms with E-state index in [9.17, 15) is 4.21 Å². The maximum Gasteiger partial charge on any atom is 0.106 e. The molecular weight excluding hydrogens is 148 g/mol. The van der Waals surface area contributed by atoms with Crippen LogP contribution in [-0.2, 0) is 11.0 Å². The van der Waals surface area contributed by atoms with Crippen LogP contribution in [0.2, 0.25) is 0 Å². The van der Waals surface area contributed by atoms with Gasteiger partial charge in [-0.15, -0.1) is 0 Å². The molecule has 0 saturated carbocycles. The van der Waals surface area contributed by atoms with Crippen LogP contribution in [0.5, 0.6) is 0 Å². The summed E-state index contributed by atoms with van der Waals surface area (Å²) < 4.78 is 13.5. The average molecular weight is 160 g/mol. The molecule has 0 aliphatic carbocycles. The van der Waals surface area contributed by atoms with Gasteiger partial charge in [0.1, 0.15) is 6.04 Å². The molecule has 10 heavy (non-hydrogen) atoms. The molecule has 0 saturated heterocycles. The summed E-state index contributed by atoms with van der Waals surface area (Å²) in [6, 6.07) is 1.75. The third kappa shape index (κ3) is 3.59. The van der Waals surface area contributed by atoms with Gasteiger partial charge in [-0.25, -0.2) is 8.93 Å². The van der Waals surface area contributed by atoms with Crippen LogP contribution in [0.4, 0.5) is 0 Å². The lowest BCUT2D eigenvalue weighted by atomic mass is 10.3. The highest BCUT2D eigenvalue weighted by Crippen LogP contribution is 1.88. The molecule has 0 amide bonds. The van der Waals surface area contributed by atoms with Crippen molar-refractivity contribution in [3.63, 3.8) is 0 Å². The Labute approximate surface area is 64.0 Å². The number of hydrogen-bond acceptors (Lipinski definition) is 2. The lowest BCUT2D eigenvalue weighted by molar-refractivity contribution is 0.654. The van der Waals surface area contributed by atoms with E-state index in [0.29, 0.717) is 12.2 Å². The van der Waals surface area contributed by atoms with Crippen LogP contribution in [0.25, 0.3) is 0 Å². The number of rotatable bonds is 4. The second-order valence-electron chi connectivity index (χ2n) is 1.84. The Balaban J connectivity index is 3.66. The molecule has 0 spiro atoms. The predicted molar refractivity (Wildman–Crippen MR) is 41.5 cm³/mol. The first-order valence-corrected chi connectivity index (χ1v) is 4.60. The molecule has 0 aromatic carbocycles. The summed E-state index contributed by atoms with van der Waals surface area (Å²) in [4.78, 5) is 0. The Morgan fingerprint density at radius 1 is 1.70 bits per heavy atom. The van der Waals surface area contributed by atoms with Crippen molar-refractivity contribution in [1.82, 2.24) is 4.72 Å². The minimum Gasteiger partial charge on any atom is -0.243 e. The fourth-order valence-electron chi connectivity index (χ4n) is 0.443. The highest BCUT2D eigenvalue weighted by atomic mass is 32.2. The Kier molecular flexibility index (Phi) is 5.17. The van der Waals surface area contributed by atoms with Crippen LogP contribution in [0.3, 0.4) is 0 Å². The third-order valence-electron chi connectivity index (χ3n) is 1.10. The Morgan fingerprint density at radius 2 is 2.30 bits per heavy atom. The van der Waals surface area contributed by atoms with E-state index in [0.717, 1.165) is 0 Å². The van der Waals surface area contributed by atoms with Crippen molar-refractivity contribution in [1.29, 1.82) is 5.26 Å². The lowest BCUT2D eigenvalue weighted by Crippen LogP contribution is -2.29. The molecule has 2 unspecified atom stereocenters. The summed E-state index contributed by atoms with van der Waals surface area (Å²) in [6.07, 6.45) is 0.697. The summed E-state index contributed by atoms with van der Waals surface area (Å²) in [5.41, 5.74) is 0. The van der Waals surface area contributed by atoms with Gasteiger partial charge in [-0.05, 0) is 6.42 Å². The molecule has 0 fully saturated rings. The van der Waals surface area contributed by atoms with E-state index in [4.69, 9.17) is 5.26 Å². The van der Waals surface area contributed by atoms with Crippen LogP contribution in [-0.4, -0.2) is 16.0 Å². The van der Waals surface area contributed by atoms with Crippen molar-refractivity contribution in [3.8, 4) is 6.07 Å². The van der Waals surface area contributed by atoms with Gasteiger partial charge in [-0.2, -0.15) is 5.26 Å².